The van der Waals surface area contributed by atoms with Crippen LogP contribution < -0.4 is 5.30 Å². The van der Waals surface area contributed by atoms with Gasteiger partial charge < -0.3 is 17.3 Å². The molecule has 1 rings (SSSR count). The minimum atomic E-state index is -6.00. The van der Waals surface area contributed by atoms with Crippen LogP contribution in [0.15, 0.2) is 30.3 Å². The Morgan fingerprint density at radius 2 is 1.25 bits per heavy atom. The Labute approximate surface area is 70.3 Å². The molecule has 0 saturated carbocycles. The van der Waals surface area contributed by atoms with E-state index in [1.807, 2.05) is 27.4 Å². The number of hydrogen-bond donors (Lipinski definition) is 0. The fraction of sp³-hybridized carbons (Fsp3) is 0. The highest BCUT2D eigenvalue weighted by atomic mass is 31.0. The predicted molar refractivity (Wildman–Crippen MR) is 47.4 cm³/mol. The molecule has 1 aromatic carbocycles. The monoisotopic (exact) mass is 198 g/mol. The van der Waals surface area contributed by atoms with Crippen molar-refractivity contribution in [2.24, 2.45) is 0 Å². The molecule has 68 valence electrons. The molecule has 0 saturated heterocycles. The molecule has 0 fully saturated rings. The predicted octanol–water partition coefficient (Wildman–Crippen LogP) is 2.22. The van der Waals surface area contributed by atoms with Crippen LogP contribution in [0.4, 0.5) is 17.3 Å². The summed E-state index contributed by atoms with van der Waals surface area (Å²) >= 11 is 0. The molecule has 0 aliphatic heterocycles. The topological polar surface area (TPSA) is 0 Å². The van der Waals surface area contributed by atoms with Crippen molar-refractivity contribution in [1.82, 2.24) is 0 Å². The third-order valence-corrected chi connectivity index (χ3v) is 1.31. The lowest BCUT2D eigenvalue weighted by molar-refractivity contribution is 0.368. The molecule has 1 atom stereocenters. The second kappa shape index (κ2) is 5.15. The zero-order valence-corrected chi connectivity index (χ0v) is 7.60. The molecule has 12 heavy (non-hydrogen) atoms. The van der Waals surface area contributed by atoms with Crippen LogP contribution in [0.25, 0.3) is 0 Å². The molecule has 1 unspecified atom stereocenters. The third-order valence-electron chi connectivity index (χ3n) is 0.843. The summed E-state index contributed by atoms with van der Waals surface area (Å²) in [6.07, 6.45) is 0. The summed E-state index contributed by atoms with van der Waals surface area (Å²) in [5, 5.41) is 1.35. The first-order chi connectivity index (χ1) is 5.39. The van der Waals surface area contributed by atoms with Gasteiger partial charge >= 0.3 is 7.25 Å². The van der Waals surface area contributed by atoms with E-state index >= 15 is 0 Å². The minimum Gasteiger partial charge on any atom is -0.418 e. The van der Waals surface area contributed by atoms with Crippen molar-refractivity contribution in [2.45, 2.75) is 0 Å². The van der Waals surface area contributed by atoms with Crippen LogP contribution >= 0.6 is 9.24 Å². The second-order valence-corrected chi connectivity index (χ2v) is 2.80. The first-order valence-corrected chi connectivity index (χ1v) is 3.84. The summed E-state index contributed by atoms with van der Waals surface area (Å²) in [5.74, 6) is 0. The third kappa shape index (κ3) is 12.1. The largest absolute Gasteiger partial charge is 0.673 e. The minimum absolute atomic E-state index is 1.35. The van der Waals surface area contributed by atoms with Crippen LogP contribution in [-0.2, 0) is 0 Å². The van der Waals surface area contributed by atoms with Gasteiger partial charge in [-0.25, -0.2) is 0 Å². The van der Waals surface area contributed by atoms with Crippen molar-refractivity contribution in [1.29, 1.82) is 0 Å². The normalized spacial score (nSPS) is 10.3. The van der Waals surface area contributed by atoms with Crippen molar-refractivity contribution < 1.29 is 17.3 Å². The molecule has 0 aromatic heterocycles. The molecule has 0 amide bonds. The average molecular weight is 198 g/mol. The molecular weight excluding hydrogens is 190 g/mol. The lowest BCUT2D eigenvalue weighted by atomic mass is 10.3. The lowest BCUT2D eigenvalue weighted by Gasteiger charge is -1.94. The van der Waals surface area contributed by atoms with Crippen LogP contribution in [0.1, 0.15) is 0 Å². The van der Waals surface area contributed by atoms with E-state index in [9.17, 15) is 17.3 Å². The Balaban J connectivity index is 0.000000217. The molecule has 1 aromatic rings. The van der Waals surface area contributed by atoms with Gasteiger partial charge in [0.15, 0.2) is 0 Å². The van der Waals surface area contributed by atoms with Crippen molar-refractivity contribution in [3.05, 3.63) is 30.3 Å². The van der Waals surface area contributed by atoms with Crippen molar-refractivity contribution >= 4 is 21.8 Å². The maximum Gasteiger partial charge on any atom is 0.673 e. The molecule has 0 heterocycles. The first-order valence-electron chi connectivity index (χ1n) is 3.14. The van der Waals surface area contributed by atoms with E-state index in [1.54, 1.807) is 0 Å². The van der Waals surface area contributed by atoms with E-state index in [1.165, 1.54) is 5.30 Å². The smallest absolute Gasteiger partial charge is 0.418 e. The van der Waals surface area contributed by atoms with Crippen LogP contribution in [-0.4, -0.2) is 7.25 Å². The molecule has 0 N–H and O–H groups in total. The lowest BCUT2D eigenvalue weighted by Crippen LogP contribution is -2.02. The summed E-state index contributed by atoms with van der Waals surface area (Å²) in [4.78, 5) is 0. The van der Waals surface area contributed by atoms with Gasteiger partial charge in [-0.15, -0.1) is 0 Å². The fourth-order valence-corrected chi connectivity index (χ4v) is 0.750. The van der Waals surface area contributed by atoms with E-state index in [2.05, 4.69) is 12.1 Å². The number of rotatable bonds is 0. The quantitative estimate of drug-likeness (QED) is 0.340. The van der Waals surface area contributed by atoms with Crippen molar-refractivity contribution in [3.8, 4) is 0 Å². The Bertz CT molecular complexity index is 205. The van der Waals surface area contributed by atoms with Gasteiger partial charge in [-0.1, -0.05) is 18.2 Å². The van der Waals surface area contributed by atoms with Gasteiger partial charge in [-0.05, 0) is 12.1 Å². The molecule has 6 heteroatoms. The van der Waals surface area contributed by atoms with E-state index < -0.39 is 7.25 Å². The van der Waals surface area contributed by atoms with E-state index in [-0.39, 0.29) is 0 Å². The van der Waals surface area contributed by atoms with Crippen molar-refractivity contribution in [2.75, 3.05) is 0 Å². The highest BCUT2D eigenvalue weighted by Crippen LogP contribution is 2.06. The summed E-state index contributed by atoms with van der Waals surface area (Å²) < 4.78 is 39.0. The molecule has 0 aliphatic carbocycles. The zero-order valence-electron chi connectivity index (χ0n) is 6.18. The Kier molecular flexibility index (Phi) is 4.90. The maximum absolute atomic E-state index is 9.75. The molecule has 0 aliphatic rings. The summed E-state index contributed by atoms with van der Waals surface area (Å²) in [6.45, 7) is 0. The Hall–Kier alpha value is -0.565. The highest BCUT2D eigenvalue weighted by molar-refractivity contribution is 7.27. The SMILES string of the molecule is F[B-](F)(F)F.[PH3+]c1ccccc1. The maximum atomic E-state index is 9.75. The molecule has 0 radical (unpaired) electrons. The van der Waals surface area contributed by atoms with Crippen LogP contribution in [0.5, 0.6) is 0 Å². The molecular formula is C6H8BF4P. The van der Waals surface area contributed by atoms with Gasteiger partial charge in [0.1, 0.15) is 0 Å². The average Bonchev–Trinajstić information content (AvgIpc) is 1.85. The Morgan fingerprint density at radius 1 is 0.917 bits per heavy atom. The van der Waals surface area contributed by atoms with Crippen LogP contribution in [0.3, 0.4) is 0 Å². The molecule has 0 nitrogen and oxygen atoms in total. The summed E-state index contributed by atoms with van der Waals surface area (Å²) in [7, 11) is -4.10. The zero-order chi connectivity index (χ0) is 9.61. The molecule has 0 bridgehead atoms. The van der Waals surface area contributed by atoms with Gasteiger partial charge in [0.05, 0.1) is 5.30 Å². The van der Waals surface area contributed by atoms with E-state index in [0.29, 0.717) is 0 Å². The second-order valence-electron chi connectivity index (χ2n) is 1.98. The fourth-order valence-electron chi connectivity index (χ4n) is 0.478. The van der Waals surface area contributed by atoms with Gasteiger partial charge in [-0.3, -0.25) is 0 Å². The first kappa shape index (κ1) is 11.4. The van der Waals surface area contributed by atoms with E-state index in [0.717, 1.165) is 0 Å². The Morgan fingerprint density at radius 3 is 1.42 bits per heavy atom. The molecule has 0 spiro atoms. The van der Waals surface area contributed by atoms with Gasteiger partial charge in [0, 0.05) is 9.24 Å². The van der Waals surface area contributed by atoms with Crippen LogP contribution in [0, 0.1) is 0 Å². The van der Waals surface area contributed by atoms with Crippen molar-refractivity contribution in [3.63, 3.8) is 0 Å². The number of benzene rings is 1. The summed E-state index contributed by atoms with van der Waals surface area (Å²) in [5.41, 5.74) is 0. The van der Waals surface area contributed by atoms with Gasteiger partial charge in [-0.2, -0.15) is 0 Å². The number of hydrogen-bond acceptors (Lipinski definition) is 0. The highest BCUT2D eigenvalue weighted by Gasteiger charge is 2.20. The standard InChI is InChI=1S/C6H7P.BF4/c7-6-4-2-1-3-5-6;2-1(3,4)5/h1-5H,7H2;/q;-1/p+1. The van der Waals surface area contributed by atoms with Gasteiger partial charge in [0.25, 0.3) is 0 Å². The number of halogens is 4. The van der Waals surface area contributed by atoms with Crippen LogP contribution in [0.2, 0.25) is 0 Å². The summed E-state index contributed by atoms with van der Waals surface area (Å²) in [6, 6.07) is 10.3. The van der Waals surface area contributed by atoms with E-state index in [4.69, 9.17) is 0 Å². The van der Waals surface area contributed by atoms with Gasteiger partial charge in [0.2, 0.25) is 0 Å².